The molecule has 1 radical (unpaired) electrons. The maximum atomic E-state index is 13.0. The van der Waals surface area contributed by atoms with Gasteiger partial charge >= 0.3 is 5.97 Å². The van der Waals surface area contributed by atoms with Crippen LogP contribution < -0.4 is 0 Å². The average Bonchev–Trinajstić information content (AvgIpc) is 2.85. The quantitative estimate of drug-likeness (QED) is 0.759. The van der Waals surface area contributed by atoms with E-state index in [0.717, 1.165) is 17.0 Å². The molecule has 0 aliphatic heterocycles. The van der Waals surface area contributed by atoms with Crippen molar-refractivity contribution in [3.8, 4) is 0 Å². The highest BCUT2D eigenvalue weighted by Crippen LogP contribution is 2.68. The zero-order valence-electron chi connectivity index (χ0n) is 7.83. The number of rotatable bonds is 1. The van der Waals surface area contributed by atoms with Crippen molar-refractivity contribution < 1.29 is 14.3 Å². The number of allylic oxidation sites excluding steroid dienone is 1. The van der Waals surface area contributed by atoms with Crippen molar-refractivity contribution in [2.75, 3.05) is 0 Å². The molecule has 1 fully saturated rings. The summed E-state index contributed by atoms with van der Waals surface area (Å²) in [4.78, 5) is 10.9. The van der Waals surface area contributed by atoms with Gasteiger partial charge in [0, 0.05) is 11.8 Å². The Hall–Kier alpha value is -1.64. The number of hydrogen-bond donors (Lipinski definition) is 1. The Kier molecular flexibility index (Phi) is 1.43. The van der Waals surface area contributed by atoms with Crippen molar-refractivity contribution in [1.82, 2.24) is 0 Å². The van der Waals surface area contributed by atoms with Crippen molar-refractivity contribution in [1.29, 1.82) is 0 Å². The third kappa shape index (κ3) is 0.950. The Labute approximate surface area is 86.0 Å². The Morgan fingerprint density at radius 3 is 2.87 bits per heavy atom. The number of benzene rings is 1. The molecule has 0 bridgehead atoms. The summed E-state index contributed by atoms with van der Waals surface area (Å²) in [6, 6.07) is 4.46. The van der Waals surface area contributed by atoms with Crippen LogP contribution in [0.1, 0.15) is 17.0 Å². The Morgan fingerprint density at radius 1 is 1.47 bits per heavy atom. The van der Waals surface area contributed by atoms with E-state index in [1.54, 1.807) is 6.07 Å². The highest BCUT2D eigenvalue weighted by molar-refractivity contribution is 5.99. The Morgan fingerprint density at radius 2 is 2.20 bits per heavy atom. The first-order chi connectivity index (χ1) is 7.11. The van der Waals surface area contributed by atoms with Crippen molar-refractivity contribution in [2.45, 2.75) is 5.92 Å². The molecule has 1 N–H and O–H groups in total. The molecule has 0 aromatic heterocycles. The first kappa shape index (κ1) is 8.65. The summed E-state index contributed by atoms with van der Waals surface area (Å²) < 4.78 is 13.0. The van der Waals surface area contributed by atoms with E-state index in [1.807, 2.05) is 0 Å². The van der Waals surface area contributed by atoms with Crippen LogP contribution in [0.5, 0.6) is 0 Å². The lowest BCUT2D eigenvalue weighted by Gasteiger charge is -2.06. The van der Waals surface area contributed by atoms with Gasteiger partial charge in [0.15, 0.2) is 0 Å². The molecule has 3 heteroatoms. The summed E-state index contributed by atoms with van der Waals surface area (Å²) in [7, 11) is 0. The maximum absolute atomic E-state index is 13.0. The van der Waals surface area contributed by atoms with Crippen molar-refractivity contribution in [2.24, 2.45) is 5.92 Å². The molecule has 0 heterocycles. The van der Waals surface area contributed by atoms with Crippen LogP contribution in [0.3, 0.4) is 0 Å². The van der Waals surface area contributed by atoms with Gasteiger partial charge in [-0.1, -0.05) is 12.6 Å². The third-order valence-electron chi connectivity index (χ3n) is 3.18. The smallest absolute Gasteiger partial charge is 0.308 e. The second-order valence-corrected chi connectivity index (χ2v) is 3.96. The highest BCUT2D eigenvalue weighted by atomic mass is 19.1. The molecule has 1 aromatic carbocycles. The van der Waals surface area contributed by atoms with Crippen LogP contribution in [-0.2, 0) is 4.79 Å². The van der Waals surface area contributed by atoms with Gasteiger partial charge in [-0.2, -0.15) is 0 Å². The molecule has 1 aromatic rings. The standard InChI is InChI=1S/C12H8FO2/c1-5-8-4-6(13)2-3-7(8)10-9(5)11(10)12(14)15/h2-4,10-11H,1H2,(H,14,15). The molecule has 3 rings (SSSR count). The molecular formula is C12H8FO2. The van der Waals surface area contributed by atoms with Crippen LogP contribution in [-0.4, -0.2) is 11.1 Å². The summed E-state index contributed by atoms with van der Waals surface area (Å²) >= 11 is 0. The van der Waals surface area contributed by atoms with E-state index in [2.05, 4.69) is 6.58 Å². The fraction of sp³-hybridized carbons (Fsp3) is 0.167. The SMILES string of the molecule is C=C1[C]2C(C(=O)O)C2c2ccc(F)cc21. The number of halogens is 1. The molecule has 2 unspecified atom stereocenters. The number of fused-ring (bicyclic) bond motifs is 3. The van der Waals surface area contributed by atoms with Gasteiger partial charge in [-0.3, -0.25) is 4.79 Å². The number of aliphatic carboxylic acids is 1. The predicted molar refractivity (Wildman–Crippen MR) is 52.5 cm³/mol. The van der Waals surface area contributed by atoms with E-state index < -0.39 is 11.9 Å². The summed E-state index contributed by atoms with van der Waals surface area (Å²) in [6.45, 7) is 3.82. The highest BCUT2D eigenvalue weighted by Gasteiger charge is 2.62. The normalized spacial score (nSPS) is 27.4. The van der Waals surface area contributed by atoms with Gasteiger partial charge < -0.3 is 5.11 Å². The van der Waals surface area contributed by atoms with Crippen LogP contribution in [0.4, 0.5) is 4.39 Å². The zero-order chi connectivity index (χ0) is 10.7. The first-order valence-corrected chi connectivity index (χ1v) is 4.70. The fourth-order valence-electron chi connectivity index (χ4n) is 2.48. The van der Waals surface area contributed by atoms with Crippen LogP contribution >= 0.6 is 0 Å². The molecule has 15 heavy (non-hydrogen) atoms. The molecule has 2 nitrogen and oxygen atoms in total. The Balaban J connectivity index is 2.09. The summed E-state index contributed by atoms with van der Waals surface area (Å²) in [6.07, 6.45) is 0. The monoisotopic (exact) mass is 203 g/mol. The molecule has 0 spiro atoms. The summed E-state index contributed by atoms with van der Waals surface area (Å²) in [5.74, 6) is -0.737. The van der Waals surface area contributed by atoms with E-state index in [9.17, 15) is 9.18 Å². The van der Waals surface area contributed by atoms with Crippen LogP contribution in [0.25, 0.3) is 5.57 Å². The lowest BCUT2D eigenvalue weighted by Crippen LogP contribution is -2.04. The molecule has 0 amide bonds. The third-order valence-corrected chi connectivity index (χ3v) is 3.18. The second-order valence-electron chi connectivity index (χ2n) is 3.96. The summed E-state index contributed by atoms with van der Waals surface area (Å²) in [5, 5.41) is 8.92. The lowest BCUT2D eigenvalue weighted by atomic mass is 9.99. The van der Waals surface area contributed by atoms with E-state index >= 15 is 0 Å². The zero-order valence-corrected chi connectivity index (χ0v) is 7.83. The minimum atomic E-state index is -0.814. The minimum absolute atomic E-state index is 0.0504. The summed E-state index contributed by atoms with van der Waals surface area (Å²) in [5.41, 5.74) is 2.37. The van der Waals surface area contributed by atoms with Gasteiger partial charge in [0.25, 0.3) is 0 Å². The molecule has 2 aliphatic carbocycles. The molecule has 1 saturated carbocycles. The van der Waals surface area contributed by atoms with Gasteiger partial charge in [0.2, 0.25) is 0 Å². The number of carbonyl (C=O) groups is 1. The number of hydrogen-bond acceptors (Lipinski definition) is 1. The lowest BCUT2D eigenvalue weighted by molar-refractivity contribution is -0.138. The van der Waals surface area contributed by atoms with Crippen molar-refractivity contribution in [3.63, 3.8) is 0 Å². The molecular weight excluding hydrogens is 195 g/mol. The van der Waals surface area contributed by atoms with Crippen molar-refractivity contribution >= 4 is 11.5 Å². The second kappa shape index (κ2) is 2.48. The van der Waals surface area contributed by atoms with Crippen molar-refractivity contribution in [3.05, 3.63) is 47.6 Å². The van der Waals surface area contributed by atoms with E-state index in [4.69, 9.17) is 5.11 Å². The first-order valence-electron chi connectivity index (χ1n) is 4.70. The topological polar surface area (TPSA) is 37.3 Å². The molecule has 2 atom stereocenters. The fourth-order valence-corrected chi connectivity index (χ4v) is 2.48. The van der Waals surface area contributed by atoms with Crippen LogP contribution in [0.15, 0.2) is 24.8 Å². The molecule has 0 saturated heterocycles. The molecule has 75 valence electrons. The van der Waals surface area contributed by atoms with Crippen LogP contribution in [0, 0.1) is 17.7 Å². The van der Waals surface area contributed by atoms with Crippen LogP contribution in [0.2, 0.25) is 0 Å². The van der Waals surface area contributed by atoms with E-state index in [0.29, 0.717) is 5.57 Å². The number of carboxylic acid groups (broad SMARTS) is 1. The van der Waals surface area contributed by atoms with Gasteiger partial charge in [0.05, 0.1) is 5.92 Å². The van der Waals surface area contributed by atoms with Gasteiger partial charge in [-0.25, -0.2) is 4.39 Å². The van der Waals surface area contributed by atoms with E-state index in [-0.39, 0.29) is 11.7 Å². The minimum Gasteiger partial charge on any atom is -0.481 e. The predicted octanol–water partition coefficient (Wildman–Crippen LogP) is 2.22. The molecule has 2 aliphatic rings. The Bertz CT molecular complexity index is 492. The average molecular weight is 203 g/mol. The largest absolute Gasteiger partial charge is 0.481 e. The number of carboxylic acids is 1. The maximum Gasteiger partial charge on any atom is 0.308 e. The van der Waals surface area contributed by atoms with Gasteiger partial charge in [0.1, 0.15) is 5.82 Å². The van der Waals surface area contributed by atoms with E-state index in [1.165, 1.54) is 12.1 Å². The van der Waals surface area contributed by atoms with Gasteiger partial charge in [-0.15, -0.1) is 0 Å². The van der Waals surface area contributed by atoms with Gasteiger partial charge in [-0.05, 0) is 28.8 Å².